The molecule has 1 aromatic carbocycles. The fourth-order valence-electron chi connectivity index (χ4n) is 3.34. The van der Waals surface area contributed by atoms with Gasteiger partial charge in [0.15, 0.2) is 11.5 Å². The standard InChI is InChI=1S/C20H29ClN2O4/c1-20(2,3)27-19(24)22-15-5-7-23(8-6-15)13-14-11-16(21)18-17(12-14)25-9-4-10-26-18/h11-12,15H,4-10,13H2,1-3H3,(H,22,24). The first kappa shape index (κ1) is 20.1. The fourth-order valence-corrected chi connectivity index (χ4v) is 3.63. The van der Waals surface area contributed by atoms with Crippen LogP contribution in [0, 0.1) is 0 Å². The van der Waals surface area contributed by atoms with E-state index >= 15 is 0 Å². The summed E-state index contributed by atoms with van der Waals surface area (Å²) in [7, 11) is 0. The number of nitrogens with one attached hydrogen (secondary N) is 1. The molecule has 0 atom stereocenters. The van der Waals surface area contributed by atoms with Gasteiger partial charge < -0.3 is 19.5 Å². The third kappa shape index (κ3) is 5.91. The minimum Gasteiger partial charge on any atom is -0.489 e. The zero-order chi connectivity index (χ0) is 19.4. The number of benzene rings is 1. The molecule has 3 rings (SSSR count). The first-order chi connectivity index (χ1) is 12.8. The van der Waals surface area contributed by atoms with Gasteiger partial charge in [-0.05, 0) is 51.3 Å². The maximum absolute atomic E-state index is 11.9. The van der Waals surface area contributed by atoms with E-state index in [2.05, 4.69) is 10.2 Å². The molecule has 1 fully saturated rings. The molecule has 1 aromatic rings. The van der Waals surface area contributed by atoms with Crippen LogP contribution < -0.4 is 14.8 Å². The molecule has 7 heteroatoms. The number of fused-ring (bicyclic) bond motifs is 1. The number of piperidine rings is 1. The second kappa shape index (κ2) is 8.57. The Morgan fingerprint density at radius 1 is 1.26 bits per heavy atom. The highest BCUT2D eigenvalue weighted by Crippen LogP contribution is 2.38. The number of hydrogen-bond donors (Lipinski definition) is 1. The average molecular weight is 397 g/mol. The van der Waals surface area contributed by atoms with E-state index in [1.54, 1.807) is 0 Å². The minimum atomic E-state index is -0.471. The van der Waals surface area contributed by atoms with Gasteiger partial charge >= 0.3 is 6.09 Å². The van der Waals surface area contributed by atoms with Crippen LogP contribution in [0.25, 0.3) is 0 Å². The number of ether oxygens (including phenoxy) is 3. The Kier molecular flexibility index (Phi) is 6.37. The van der Waals surface area contributed by atoms with E-state index in [0.717, 1.165) is 50.2 Å². The van der Waals surface area contributed by atoms with Crippen molar-refractivity contribution in [2.24, 2.45) is 0 Å². The predicted molar refractivity (Wildman–Crippen MR) is 105 cm³/mol. The van der Waals surface area contributed by atoms with Crippen LogP contribution in [0.5, 0.6) is 11.5 Å². The normalized spacial score (nSPS) is 18.7. The van der Waals surface area contributed by atoms with Crippen molar-refractivity contribution in [2.75, 3.05) is 26.3 Å². The number of amides is 1. The Morgan fingerprint density at radius 2 is 1.96 bits per heavy atom. The summed E-state index contributed by atoms with van der Waals surface area (Å²) in [5.74, 6) is 1.38. The van der Waals surface area contributed by atoms with Gasteiger partial charge in [0.1, 0.15) is 5.60 Å². The Labute approximate surface area is 166 Å². The molecule has 0 unspecified atom stereocenters. The monoisotopic (exact) mass is 396 g/mol. The summed E-state index contributed by atoms with van der Waals surface area (Å²) in [5, 5.41) is 3.57. The van der Waals surface area contributed by atoms with Gasteiger partial charge in [-0.15, -0.1) is 0 Å². The summed E-state index contributed by atoms with van der Waals surface area (Å²) in [6, 6.07) is 4.14. The van der Waals surface area contributed by atoms with Gasteiger partial charge in [-0.1, -0.05) is 11.6 Å². The van der Waals surface area contributed by atoms with Crippen LogP contribution in [-0.2, 0) is 11.3 Å². The number of halogens is 1. The Balaban J connectivity index is 1.51. The van der Waals surface area contributed by atoms with E-state index in [9.17, 15) is 4.79 Å². The highest BCUT2D eigenvalue weighted by Gasteiger charge is 2.24. The van der Waals surface area contributed by atoms with E-state index in [1.165, 1.54) is 0 Å². The van der Waals surface area contributed by atoms with E-state index < -0.39 is 5.60 Å². The molecule has 0 spiro atoms. The van der Waals surface area contributed by atoms with Crippen molar-refractivity contribution in [3.05, 3.63) is 22.7 Å². The SMILES string of the molecule is CC(C)(C)OC(=O)NC1CCN(Cc2cc(Cl)c3c(c2)OCCCO3)CC1. The summed E-state index contributed by atoms with van der Waals surface area (Å²) < 4.78 is 16.8. The van der Waals surface area contributed by atoms with Crippen molar-refractivity contribution < 1.29 is 19.0 Å². The van der Waals surface area contributed by atoms with Gasteiger partial charge in [-0.3, -0.25) is 4.90 Å². The van der Waals surface area contributed by atoms with E-state index in [4.69, 9.17) is 25.8 Å². The maximum Gasteiger partial charge on any atom is 0.407 e. The molecule has 1 N–H and O–H groups in total. The van der Waals surface area contributed by atoms with Crippen molar-refractivity contribution in [1.29, 1.82) is 0 Å². The van der Waals surface area contributed by atoms with Gasteiger partial charge in [0, 0.05) is 32.1 Å². The van der Waals surface area contributed by atoms with Gasteiger partial charge in [0.2, 0.25) is 0 Å². The Hall–Kier alpha value is -1.66. The molecule has 2 heterocycles. The maximum atomic E-state index is 11.9. The van der Waals surface area contributed by atoms with Crippen LogP contribution in [0.2, 0.25) is 5.02 Å². The first-order valence-corrected chi connectivity index (χ1v) is 9.98. The summed E-state index contributed by atoms with van der Waals surface area (Å²) in [6.07, 6.45) is 2.32. The summed E-state index contributed by atoms with van der Waals surface area (Å²) >= 11 is 6.39. The largest absolute Gasteiger partial charge is 0.489 e. The van der Waals surface area contributed by atoms with Gasteiger partial charge in [-0.25, -0.2) is 4.79 Å². The van der Waals surface area contributed by atoms with Crippen LogP contribution in [-0.4, -0.2) is 48.9 Å². The molecule has 0 aliphatic carbocycles. The summed E-state index contributed by atoms with van der Waals surface area (Å²) in [4.78, 5) is 14.3. The lowest BCUT2D eigenvalue weighted by Crippen LogP contribution is -2.45. The summed E-state index contributed by atoms with van der Waals surface area (Å²) in [6.45, 7) is 9.51. The fraction of sp³-hybridized carbons (Fsp3) is 0.650. The highest BCUT2D eigenvalue weighted by molar-refractivity contribution is 6.32. The highest BCUT2D eigenvalue weighted by atomic mass is 35.5. The predicted octanol–water partition coefficient (Wildman–Crippen LogP) is 3.99. The molecule has 0 saturated carbocycles. The zero-order valence-corrected chi connectivity index (χ0v) is 17.1. The molecule has 150 valence electrons. The molecule has 27 heavy (non-hydrogen) atoms. The molecular weight excluding hydrogens is 368 g/mol. The van der Waals surface area contributed by atoms with Crippen LogP contribution >= 0.6 is 11.6 Å². The molecule has 1 amide bonds. The van der Waals surface area contributed by atoms with Crippen molar-refractivity contribution in [3.8, 4) is 11.5 Å². The quantitative estimate of drug-likeness (QED) is 0.837. The third-order valence-electron chi connectivity index (χ3n) is 4.58. The lowest BCUT2D eigenvalue weighted by atomic mass is 10.0. The molecule has 2 aliphatic heterocycles. The number of rotatable bonds is 3. The van der Waals surface area contributed by atoms with Gasteiger partial charge in [0.05, 0.1) is 18.2 Å². The second-order valence-electron chi connectivity index (χ2n) is 8.15. The smallest absolute Gasteiger partial charge is 0.407 e. The Morgan fingerprint density at radius 3 is 2.67 bits per heavy atom. The molecule has 0 aromatic heterocycles. The zero-order valence-electron chi connectivity index (χ0n) is 16.3. The van der Waals surface area contributed by atoms with E-state index in [0.29, 0.717) is 24.0 Å². The molecule has 1 saturated heterocycles. The number of likely N-dealkylation sites (tertiary alicyclic amines) is 1. The molecular formula is C20H29ClN2O4. The van der Waals surface area contributed by atoms with Crippen molar-refractivity contribution in [2.45, 2.75) is 58.2 Å². The molecule has 2 aliphatic rings. The van der Waals surface area contributed by atoms with Crippen molar-refractivity contribution in [1.82, 2.24) is 10.2 Å². The van der Waals surface area contributed by atoms with Gasteiger partial charge in [0.25, 0.3) is 0 Å². The van der Waals surface area contributed by atoms with Crippen LogP contribution in [0.4, 0.5) is 4.79 Å². The van der Waals surface area contributed by atoms with Crippen molar-refractivity contribution in [3.63, 3.8) is 0 Å². The second-order valence-corrected chi connectivity index (χ2v) is 8.56. The first-order valence-electron chi connectivity index (χ1n) is 9.60. The molecule has 0 bridgehead atoms. The van der Waals surface area contributed by atoms with Gasteiger partial charge in [-0.2, -0.15) is 0 Å². The average Bonchev–Trinajstić information content (AvgIpc) is 2.81. The number of carbonyl (C=O) groups is 1. The number of nitrogens with zero attached hydrogens (tertiary/aromatic N) is 1. The van der Waals surface area contributed by atoms with Crippen LogP contribution in [0.15, 0.2) is 12.1 Å². The Bertz CT molecular complexity index is 667. The lowest BCUT2D eigenvalue weighted by molar-refractivity contribution is 0.0477. The minimum absolute atomic E-state index is 0.156. The van der Waals surface area contributed by atoms with E-state index in [-0.39, 0.29) is 12.1 Å². The molecule has 0 radical (unpaired) electrons. The topological polar surface area (TPSA) is 60.0 Å². The molecule has 6 nitrogen and oxygen atoms in total. The summed E-state index contributed by atoms with van der Waals surface area (Å²) in [5.41, 5.74) is 0.643. The number of hydrogen-bond acceptors (Lipinski definition) is 5. The van der Waals surface area contributed by atoms with E-state index in [1.807, 2.05) is 32.9 Å². The lowest BCUT2D eigenvalue weighted by Gasteiger charge is -2.33. The van der Waals surface area contributed by atoms with Crippen molar-refractivity contribution >= 4 is 17.7 Å². The van der Waals surface area contributed by atoms with Crippen LogP contribution in [0.1, 0.15) is 45.6 Å². The number of carbonyl (C=O) groups excluding carboxylic acids is 1. The third-order valence-corrected chi connectivity index (χ3v) is 4.86. The number of alkyl carbamates (subject to hydrolysis) is 1. The van der Waals surface area contributed by atoms with Crippen LogP contribution in [0.3, 0.4) is 0 Å².